The molecule has 3 aromatic rings. The summed E-state index contributed by atoms with van der Waals surface area (Å²) in [6.45, 7) is 0. The van der Waals surface area contributed by atoms with Crippen LogP contribution < -0.4 is 10.6 Å². The van der Waals surface area contributed by atoms with Crippen molar-refractivity contribution in [3.05, 3.63) is 48.7 Å². The van der Waals surface area contributed by atoms with Crippen LogP contribution in [0.15, 0.2) is 43.0 Å². The summed E-state index contributed by atoms with van der Waals surface area (Å²) in [7, 11) is 3.54. The van der Waals surface area contributed by atoms with Gasteiger partial charge in [-0.25, -0.2) is 4.98 Å². The fourth-order valence-electron chi connectivity index (χ4n) is 4.34. The zero-order chi connectivity index (χ0) is 22.7. The third-order valence-electron chi connectivity index (χ3n) is 6.10. The number of benzene rings is 1. The van der Waals surface area contributed by atoms with Crippen LogP contribution in [0.25, 0.3) is 11.3 Å². The van der Waals surface area contributed by atoms with Crippen LogP contribution in [0.5, 0.6) is 5.75 Å². The summed E-state index contributed by atoms with van der Waals surface area (Å²) >= 11 is 0. The zero-order valence-electron chi connectivity index (χ0n) is 18.3. The standard InChI is InChI=1S/C23H28N6O3/c1-28-14-24-13-19(28)17-9-8-16(12-20(17)30)26-23(32)21(15-6-4-3-5-7-15)27-22(31)18-10-11-25-29(18)2/h8-15,21,30H,3-7H2,1-2H3,(H,26,32)(H,27,31)/t21-/m0/s1. The van der Waals surface area contributed by atoms with Crippen LogP contribution >= 0.6 is 0 Å². The molecule has 1 aliphatic carbocycles. The number of phenolic OH excluding ortho intramolecular Hbond substituents is 1. The van der Waals surface area contributed by atoms with Crippen LogP contribution in [-0.4, -0.2) is 42.3 Å². The minimum absolute atomic E-state index is 0.0412. The Morgan fingerprint density at radius 2 is 1.94 bits per heavy atom. The molecule has 1 aromatic carbocycles. The van der Waals surface area contributed by atoms with E-state index < -0.39 is 6.04 Å². The molecule has 0 radical (unpaired) electrons. The molecular weight excluding hydrogens is 408 g/mol. The molecule has 0 unspecified atom stereocenters. The second-order valence-electron chi connectivity index (χ2n) is 8.30. The summed E-state index contributed by atoms with van der Waals surface area (Å²) in [6, 6.07) is 5.95. The van der Waals surface area contributed by atoms with Crippen molar-refractivity contribution in [2.75, 3.05) is 5.32 Å². The molecule has 0 spiro atoms. The van der Waals surface area contributed by atoms with E-state index in [1.807, 2.05) is 7.05 Å². The summed E-state index contributed by atoms with van der Waals surface area (Å²) in [6.07, 6.45) is 9.86. The highest BCUT2D eigenvalue weighted by Gasteiger charge is 2.32. The topological polar surface area (TPSA) is 114 Å². The first-order chi connectivity index (χ1) is 15.4. The number of aromatic nitrogens is 4. The van der Waals surface area contributed by atoms with Gasteiger partial charge in [0.15, 0.2) is 0 Å². The maximum atomic E-state index is 13.2. The van der Waals surface area contributed by atoms with Crippen molar-refractivity contribution in [2.24, 2.45) is 20.0 Å². The van der Waals surface area contributed by atoms with Gasteiger partial charge in [-0.3, -0.25) is 14.3 Å². The summed E-state index contributed by atoms with van der Waals surface area (Å²) in [4.78, 5) is 30.1. The molecule has 9 heteroatoms. The van der Waals surface area contributed by atoms with Gasteiger partial charge in [0.25, 0.3) is 5.91 Å². The first kappa shape index (κ1) is 21.6. The van der Waals surface area contributed by atoms with E-state index in [9.17, 15) is 14.7 Å². The van der Waals surface area contributed by atoms with E-state index in [1.165, 1.54) is 10.7 Å². The molecular formula is C23H28N6O3. The number of carbonyl (C=O) groups excluding carboxylic acids is 2. The molecule has 0 saturated heterocycles. The van der Waals surface area contributed by atoms with Crippen molar-refractivity contribution < 1.29 is 14.7 Å². The average molecular weight is 437 g/mol. The first-order valence-electron chi connectivity index (χ1n) is 10.8. The van der Waals surface area contributed by atoms with Crippen LogP contribution in [0.3, 0.4) is 0 Å². The summed E-state index contributed by atoms with van der Waals surface area (Å²) < 4.78 is 3.29. The highest BCUT2D eigenvalue weighted by atomic mass is 16.3. The quantitative estimate of drug-likeness (QED) is 0.550. The predicted molar refractivity (Wildman–Crippen MR) is 120 cm³/mol. The molecule has 0 aliphatic heterocycles. The van der Waals surface area contributed by atoms with Gasteiger partial charge < -0.3 is 20.3 Å². The van der Waals surface area contributed by atoms with Crippen molar-refractivity contribution in [3.8, 4) is 17.0 Å². The molecule has 168 valence electrons. The van der Waals surface area contributed by atoms with Crippen molar-refractivity contribution >= 4 is 17.5 Å². The number of hydrogen-bond donors (Lipinski definition) is 3. The zero-order valence-corrected chi connectivity index (χ0v) is 18.3. The van der Waals surface area contributed by atoms with Crippen LogP contribution in [0, 0.1) is 5.92 Å². The number of amides is 2. The number of nitrogens with zero attached hydrogens (tertiary/aromatic N) is 4. The third kappa shape index (κ3) is 4.51. The van der Waals surface area contributed by atoms with Crippen LogP contribution in [0.2, 0.25) is 0 Å². The maximum Gasteiger partial charge on any atom is 0.270 e. The Hall–Kier alpha value is -3.62. The molecule has 32 heavy (non-hydrogen) atoms. The van der Waals surface area contributed by atoms with Gasteiger partial charge in [-0.15, -0.1) is 0 Å². The summed E-state index contributed by atoms with van der Waals surface area (Å²) in [5.74, 6) is -0.520. The normalized spacial score (nSPS) is 15.3. The van der Waals surface area contributed by atoms with Crippen molar-refractivity contribution in [1.29, 1.82) is 0 Å². The fourth-order valence-corrected chi connectivity index (χ4v) is 4.34. The Labute approximate surface area is 186 Å². The van der Waals surface area contributed by atoms with Crippen molar-refractivity contribution in [2.45, 2.75) is 38.1 Å². The number of rotatable bonds is 6. The lowest BCUT2D eigenvalue weighted by molar-refractivity contribution is -0.119. The van der Waals surface area contributed by atoms with E-state index in [0.717, 1.165) is 37.8 Å². The molecule has 1 fully saturated rings. The van der Waals surface area contributed by atoms with Gasteiger partial charge in [-0.1, -0.05) is 19.3 Å². The minimum Gasteiger partial charge on any atom is -0.507 e. The van der Waals surface area contributed by atoms with E-state index in [1.54, 1.807) is 48.5 Å². The third-order valence-corrected chi connectivity index (χ3v) is 6.10. The molecule has 2 heterocycles. The number of aromatic hydroxyl groups is 1. The Kier molecular flexibility index (Phi) is 6.25. The second kappa shape index (κ2) is 9.25. The molecule has 1 saturated carbocycles. The van der Waals surface area contributed by atoms with Gasteiger partial charge >= 0.3 is 0 Å². The van der Waals surface area contributed by atoms with E-state index in [-0.39, 0.29) is 23.5 Å². The van der Waals surface area contributed by atoms with Gasteiger partial charge in [0.1, 0.15) is 17.5 Å². The Balaban J connectivity index is 1.53. The molecule has 4 rings (SSSR count). The van der Waals surface area contributed by atoms with Gasteiger partial charge in [0.05, 0.1) is 18.2 Å². The number of aryl methyl sites for hydroxylation is 2. The number of hydrogen-bond acceptors (Lipinski definition) is 5. The average Bonchev–Trinajstić information content (AvgIpc) is 3.40. The first-order valence-corrected chi connectivity index (χ1v) is 10.8. The van der Waals surface area contributed by atoms with Crippen LogP contribution in [0.1, 0.15) is 42.6 Å². The van der Waals surface area contributed by atoms with Crippen molar-refractivity contribution in [1.82, 2.24) is 24.6 Å². The van der Waals surface area contributed by atoms with Gasteiger partial charge in [-0.05, 0) is 37.0 Å². The van der Waals surface area contributed by atoms with E-state index in [0.29, 0.717) is 16.9 Å². The predicted octanol–water partition coefficient (Wildman–Crippen LogP) is 2.84. The number of carbonyl (C=O) groups is 2. The number of imidazole rings is 1. The molecule has 3 N–H and O–H groups in total. The molecule has 9 nitrogen and oxygen atoms in total. The lowest BCUT2D eigenvalue weighted by Gasteiger charge is -2.30. The van der Waals surface area contributed by atoms with Crippen LogP contribution in [-0.2, 0) is 18.9 Å². The molecule has 1 atom stereocenters. The lowest BCUT2D eigenvalue weighted by Crippen LogP contribution is -2.49. The number of nitrogens with one attached hydrogen (secondary N) is 2. The fraction of sp³-hybridized carbons (Fsp3) is 0.391. The second-order valence-corrected chi connectivity index (χ2v) is 8.30. The van der Waals surface area contributed by atoms with E-state index in [2.05, 4.69) is 20.7 Å². The summed E-state index contributed by atoms with van der Waals surface area (Å²) in [5, 5.41) is 20.3. The Morgan fingerprint density at radius 1 is 1.16 bits per heavy atom. The monoisotopic (exact) mass is 436 g/mol. The minimum atomic E-state index is -0.670. The Morgan fingerprint density at radius 3 is 2.56 bits per heavy atom. The SMILES string of the molecule is Cn1cncc1-c1ccc(NC(=O)[C@@H](NC(=O)c2ccnn2C)C2CCCCC2)cc1O. The smallest absolute Gasteiger partial charge is 0.270 e. The van der Waals surface area contributed by atoms with Crippen molar-refractivity contribution in [3.63, 3.8) is 0 Å². The maximum absolute atomic E-state index is 13.2. The van der Waals surface area contributed by atoms with E-state index in [4.69, 9.17) is 0 Å². The molecule has 2 amide bonds. The van der Waals surface area contributed by atoms with Gasteiger partial charge in [0.2, 0.25) is 5.91 Å². The highest BCUT2D eigenvalue weighted by molar-refractivity contribution is 6.01. The van der Waals surface area contributed by atoms with Gasteiger partial charge in [-0.2, -0.15) is 5.10 Å². The van der Waals surface area contributed by atoms with E-state index >= 15 is 0 Å². The van der Waals surface area contributed by atoms with Gasteiger partial charge in [0, 0.05) is 37.6 Å². The molecule has 0 bridgehead atoms. The number of anilines is 1. The molecule has 2 aromatic heterocycles. The Bertz CT molecular complexity index is 1110. The summed E-state index contributed by atoms with van der Waals surface area (Å²) in [5.41, 5.74) is 2.26. The number of phenols is 1. The van der Waals surface area contributed by atoms with Crippen LogP contribution in [0.4, 0.5) is 5.69 Å². The largest absolute Gasteiger partial charge is 0.507 e. The molecule has 1 aliphatic rings. The highest BCUT2D eigenvalue weighted by Crippen LogP contribution is 2.32. The lowest BCUT2D eigenvalue weighted by atomic mass is 9.83.